The molecule has 0 aromatic heterocycles. The van der Waals surface area contributed by atoms with Crippen LogP contribution in [0.1, 0.15) is 60.3 Å². The van der Waals surface area contributed by atoms with Crippen LogP contribution in [-0.4, -0.2) is 6.17 Å². The first-order valence-corrected chi connectivity index (χ1v) is 6.13. The van der Waals surface area contributed by atoms with Crippen molar-refractivity contribution in [2.75, 3.05) is 0 Å². The highest BCUT2D eigenvalue weighted by Gasteiger charge is 2.22. The van der Waals surface area contributed by atoms with Crippen LogP contribution in [0.15, 0.2) is 0 Å². The van der Waals surface area contributed by atoms with E-state index in [9.17, 15) is 4.39 Å². The van der Waals surface area contributed by atoms with Gasteiger partial charge in [0.15, 0.2) is 0 Å². The molecule has 0 aliphatic rings. The fourth-order valence-electron chi connectivity index (χ4n) is 1.81. The summed E-state index contributed by atoms with van der Waals surface area (Å²) in [5.41, 5.74) is 0. The SMILES string of the molecule is CCCCC(C)C(C)C(F)CC(C)C. The number of halogens is 1. The van der Waals surface area contributed by atoms with Crippen LogP contribution in [0, 0.1) is 17.8 Å². The van der Waals surface area contributed by atoms with E-state index in [0.29, 0.717) is 11.8 Å². The minimum atomic E-state index is -0.609. The molecule has 0 saturated carbocycles. The van der Waals surface area contributed by atoms with E-state index in [1.165, 1.54) is 19.3 Å². The summed E-state index contributed by atoms with van der Waals surface area (Å²) in [6.45, 7) is 10.6. The lowest BCUT2D eigenvalue weighted by Crippen LogP contribution is -2.21. The summed E-state index contributed by atoms with van der Waals surface area (Å²) in [4.78, 5) is 0. The monoisotopic (exact) mass is 202 g/mol. The normalized spacial score (nSPS) is 18.2. The molecule has 0 heterocycles. The Morgan fingerprint density at radius 3 is 2.07 bits per heavy atom. The maximum Gasteiger partial charge on any atom is 0.103 e. The van der Waals surface area contributed by atoms with Crippen molar-refractivity contribution in [1.29, 1.82) is 0 Å². The summed E-state index contributed by atoms with van der Waals surface area (Å²) in [6.07, 6.45) is 3.74. The zero-order valence-electron chi connectivity index (χ0n) is 10.5. The van der Waals surface area contributed by atoms with Crippen LogP contribution in [0.3, 0.4) is 0 Å². The molecule has 86 valence electrons. The molecule has 0 aromatic carbocycles. The van der Waals surface area contributed by atoms with E-state index in [4.69, 9.17) is 0 Å². The Morgan fingerprint density at radius 1 is 1.07 bits per heavy atom. The Bertz CT molecular complexity index is 131. The summed E-state index contributed by atoms with van der Waals surface area (Å²) in [5.74, 6) is 1.23. The van der Waals surface area contributed by atoms with Gasteiger partial charge in [0.05, 0.1) is 0 Å². The van der Waals surface area contributed by atoms with Gasteiger partial charge in [-0.25, -0.2) is 4.39 Å². The van der Waals surface area contributed by atoms with Gasteiger partial charge in [0.25, 0.3) is 0 Å². The summed E-state index contributed by atoms with van der Waals surface area (Å²) >= 11 is 0. The molecule has 0 fully saturated rings. The van der Waals surface area contributed by atoms with Crippen molar-refractivity contribution in [1.82, 2.24) is 0 Å². The molecule has 0 N–H and O–H groups in total. The molecule has 0 bridgehead atoms. The summed E-state index contributed by atoms with van der Waals surface area (Å²) in [7, 11) is 0. The topological polar surface area (TPSA) is 0 Å². The molecule has 0 spiro atoms. The lowest BCUT2D eigenvalue weighted by Gasteiger charge is -2.24. The first kappa shape index (κ1) is 13.9. The molecule has 3 atom stereocenters. The molecule has 0 amide bonds. The van der Waals surface area contributed by atoms with Gasteiger partial charge in [0.1, 0.15) is 6.17 Å². The second-order valence-corrected chi connectivity index (χ2v) is 5.12. The average Bonchev–Trinajstić information content (AvgIpc) is 2.11. The van der Waals surface area contributed by atoms with Gasteiger partial charge in [-0.05, 0) is 24.2 Å². The molecule has 0 aliphatic heterocycles. The van der Waals surface area contributed by atoms with Crippen molar-refractivity contribution in [3.8, 4) is 0 Å². The number of hydrogen-bond acceptors (Lipinski definition) is 0. The van der Waals surface area contributed by atoms with E-state index < -0.39 is 6.17 Å². The molecule has 0 nitrogen and oxygen atoms in total. The van der Waals surface area contributed by atoms with Crippen molar-refractivity contribution in [3.63, 3.8) is 0 Å². The highest BCUT2D eigenvalue weighted by atomic mass is 19.1. The Morgan fingerprint density at radius 2 is 1.64 bits per heavy atom. The molecule has 3 unspecified atom stereocenters. The largest absolute Gasteiger partial charge is 0.247 e. The predicted molar refractivity (Wildman–Crippen MR) is 62.2 cm³/mol. The molecule has 0 aromatic rings. The highest BCUT2D eigenvalue weighted by molar-refractivity contribution is 4.71. The van der Waals surface area contributed by atoms with Gasteiger partial charge >= 0.3 is 0 Å². The molecule has 0 radical (unpaired) electrons. The minimum absolute atomic E-state index is 0.226. The van der Waals surface area contributed by atoms with Crippen LogP contribution in [0.5, 0.6) is 0 Å². The third-order valence-electron chi connectivity index (χ3n) is 3.18. The van der Waals surface area contributed by atoms with E-state index in [0.717, 1.165) is 6.42 Å². The fourth-order valence-corrected chi connectivity index (χ4v) is 1.81. The molecular formula is C13H27F. The zero-order valence-corrected chi connectivity index (χ0v) is 10.5. The second-order valence-electron chi connectivity index (χ2n) is 5.12. The van der Waals surface area contributed by atoms with Crippen molar-refractivity contribution in [2.24, 2.45) is 17.8 Å². The van der Waals surface area contributed by atoms with Gasteiger partial charge in [-0.3, -0.25) is 0 Å². The van der Waals surface area contributed by atoms with Crippen LogP contribution in [0.2, 0.25) is 0 Å². The van der Waals surface area contributed by atoms with E-state index in [1.54, 1.807) is 0 Å². The maximum atomic E-state index is 13.7. The van der Waals surface area contributed by atoms with E-state index in [2.05, 4.69) is 34.6 Å². The first-order chi connectivity index (χ1) is 6.49. The third-order valence-corrected chi connectivity index (χ3v) is 3.18. The van der Waals surface area contributed by atoms with Crippen molar-refractivity contribution < 1.29 is 4.39 Å². The van der Waals surface area contributed by atoms with Crippen LogP contribution < -0.4 is 0 Å². The molecule has 0 rings (SSSR count). The molecule has 14 heavy (non-hydrogen) atoms. The smallest absolute Gasteiger partial charge is 0.103 e. The van der Waals surface area contributed by atoms with Gasteiger partial charge in [0, 0.05) is 0 Å². The Balaban J connectivity index is 3.84. The highest BCUT2D eigenvalue weighted by Crippen LogP contribution is 2.26. The van der Waals surface area contributed by atoms with Gasteiger partial charge in [-0.1, -0.05) is 53.9 Å². The lowest BCUT2D eigenvalue weighted by molar-refractivity contribution is 0.155. The van der Waals surface area contributed by atoms with Gasteiger partial charge in [-0.2, -0.15) is 0 Å². The third kappa shape index (κ3) is 5.62. The second kappa shape index (κ2) is 7.25. The number of alkyl halides is 1. The van der Waals surface area contributed by atoms with Crippen molar-refractivity contribution >= 4 is 0 Å². The average molecular weight is 202 g/mol. The van der Waals surface area contributed by atoms with E-state index in [1.807, 2.05) is 0 Å². The molecular weight excluding hydrogens is 175 g/mol. The van der Waals surface area contributed by atoms with Crippen LogP contribution in [-0.2, 0) is 0 Å². The Labute approximate surface area is 89.3 Å². The van der Waals surface area contributed by atoms with Gasteiger partial charge in [-0.15, -0.1) is 0 Å². The molecule has 0 saturated heterocycles. The summed E-state index contributed by atoms with van der Waals surface area (Å²) in [6, 6.07) is 0. The Kier molecular flexibility index (Phi) is 7.22. The number of unbranched alkanes of at least 4 members (excludes halogenated alkanes) is 1. The number of hydrogen-bond donors (Lipinski definition) is 0. The van der Waals surface area contributed by atoms with E-state index >= 15 is 0 Å². The fraction of sp³-hybridized carbons (Fsp3) is 1.00. The van der Waals surface area contributed by atoms with Crippen LogP contribution in [0.25, 0.3) is 0 Å². The van der Waals surface area contributed by atoms with Gasteiger partial charge < -0.3 is 0 Å². The maximum absolute atomic E-state index is 13.7. The van der Waals surface area contributed by atoms with E-state index in [-0.39, 0.29) is 5.92 Å². The first-order valence-electron chi connectivity index (χ1n) is 6.13. The van der Waals surface area contributed by atoms with Crippen LogP contribution in [0.4, 0.5) is 4.39 Å². The summed E-state index contributed by atoms with van der Waals surface area (Å²) < 4.78 is 13.7. The molecule has 0 aliphatic carbocycles. The Hall–Kier alpha value is -0.0700. The quantitative estimate of drug-likeness (QED) is 0.554. The number of rotatable bonds is 7. The van der Waals surface area contributed by atoms with Crippen LogP contribution >= 0.6 is 0 Å². The summed E-state index contributed by atoms with van der Waals surface area (Å²) in [5, 5.41) is 0. The zero-order chi connectivity index (χ0) is 11.1. The lowest BCUT2D eigenvalue weighted by atomic mass is 9.85. The molecule has 1 heteroatoms. The van der Waals surface area contributed by atoms with Crippen molar-refractivity contribution in [3.05, 3.63) is 0 Å². The standard InChI is InChI=1S/C13H27F/c1-6-7-8-11(4)12(5)13(14)9-10(2)3/h10-13H,6-9H2,1-5H3. The minimum Gasteiger partial charge on any atom is -0.247 e. The van der Waals surface area contributed by atoms with Crippen molar-refractivity contribution in [2.45, 2.75) is 66.5 Å². The predicted octanol–water partition coefficient (Wildman–Crippen LogP) is 4.83. The van der Waals surface area contributed by atoms with Gasteiger partial charge in [0.2, 0.25) is 0 Å².